The standard InChI is InChI=1S/C14H23N3/c1-2-6-11(5-1)13-10-16-14(17-13)9-12-7-3-4-8-15-12/h10-12,15H,1-9H2,(H,16,17). The number of imidazole rings is 1. The summed E-state index contributed by atoms with van der Waals surface area (Å²) in [6, 6.07) is 0.645. The molecule has 1 aliphatic carbocycles. The Bertz CT molecular complexity index is 346. The fourth-order valence-electron chi connectivity index (χ4n) is 3.26. The van der Waals surface area contributed by atoms with Gasteiger partial charge in [0.05, 0.1) is 0 Å². The summed E-state index contributed by atoms with van der Waals surface area (Å²) < 4.78 is 0. The molecule has 2 aliphatic rings. The van der Waals surface area contributed by atoms with Crippen molar-refractivity contribution in [3.63, 3.8) is 0 Å². The minimum Gasteiger partial charge on any atom is -0.346 e. The van der Waals surface area contributed by atoms with E-state index in [2.05, 4.69) is 21.5 Å². The molecule has 3 nitrogen and oxygen atoms in total. The topological polar surface area (TPSA) is 40.7 Å². The van der Waals surface area contributed by atoms with E-state index in [1.807, 2.05) is 0 Å². The lowest BCUT2D eigenvalue weighted by Gasteiger charge is -2.22. The van der Waals surface area contributed by atoms with E-state index in [4.69, 9.17) is 0 Å². The van der Waals surface area contributed by atoms with Crippen LogP contribution >= 0.6 is 0 Å². The minimum atomic E-state index is 0.645. The number of hydrogen-bond acceptors (Lipinski definition) is 2. The third-order valence-electron chi connectivity index (χ3n) is 4.30. The third-order valence-corrected chi connectivity index (χ3v) is 4.30. The van der Waals surface area contributed by atoms with Crippen molar-refractivity contribution >= 4 is 0 Å². The van der Waals surface area contributed by atoms with Crippen LogP contribution in [0, 0.1) is 0 Å². The van der Waals surface area contributed by atoms with Crippen molar-refractivity contribution in [1.82, 2.24) is 15.3 Å². The number of nitrogens with one attached hydrogen (secondary N) is 2. The number of piperidine rings is 1. The average molecular weight is 233 g/mol. The van der Waals surface area contributed by atoms with Gasteiger partial charge < -0.3 is 10.3 Å². The lowest BCUT2D eigenvalue weighted by Crippen LogP contribution is -2.35. The van der Waals surface area contributed by atoms with E-state index in [1.165, 1.54) is 63.0 Å². The molecular formula is C14H23N3. The normalized spacial score (nSPS) is 26.5. The molecule has 3 rings (SSSR count). The van der Waals surface area contributed by atoms with Gasteiger partial charge in [0.25, 0.3) is 0 Å². The smallest absolute Gasteiger partial charge is 0.107 e. The first-order valence-electron chi connectivity index (χ1n) is 7.19. The van der Waals surface area contributed by atoms with Gasteiger partial charge in [-0.05, 0) is 32.2 Å². The average Bonchev–Trinajstić information content (AvgIpc) is 3.00. The van der Waals surface area contributed by atoms with Gasteiger partial charge in [0.15, 0.2) is 0 Å². The van der Waals surface area contributed by atoms with Crippen molar-refractivity contribution in [2.24, 2.45) is 0 Å². The van der Waals surface area contributed by atoms with Gasteiger partial charge in [-0.3, -0.25) is 0 Å². The molecule has 0 radical (unpaired) electrons. The highest BCUT2D eigenvalue weighted by molar-refractivity contribution is 5.10. The molecule has 0 aromatic carbocycles. The van der Waals surface area contributed by atoms with Crippen LogP contribution < -0.4 is 5.32 Å². The molecule has 1 saturated heterocycles. The molecule has 17 heavy (non-hydrogen) atoms. The van der Waals surface area contributed by atoms with Crippen molar-refractivity contribution in [2.45, 2.75) is 63.3 Å². The fourth-order valence-corrected chi connectivity index (χ4v) is 3.26. The predicted molar refractivity (Wildman–Crippen MR) is 69.1 cm³/mol. The molecule has 94 valence electrons. The zero-order valence-electron chi connectivity index (χ0n) is 10.5. The molecule has 2 heterocycles. The zero-order valence-corrected chi connectivity index (χ0v) is 10.5. The van der Waals surface area contributed by atoms with Crippen molar-refractivity contribution in [3.05, 3.63) is 17.7 Å². The summed E-state index contributed by atoms with van der Waals surface area (Å²) in [5.74, 6) is 1.95. The van der Waals surface area contributed by atoms with E-state index in [1.54, 1.807) is 0 Å². The van der Waals surface area contributed by atoms with Crippen molar-refractivity contribution in [2.75, 3.05) is 6.54 Å². The summed E-state index contributed by atoms with van der Waals surface area (Å²) in [5.41, 5.74) is 1.38. The predicted octanol–water partition coefficient (Wildman–Crippen LogP) is 2.75. The van der Waals surface area contributed by atoms with E-state index in [9.17, 15) is 0 Å². The van der Waals surface area contributed by atoms with Gasteiger partial charge >= 0.3 is 0 Å². The SMILES string of the molecule is c1nc(CC2CCCCN2)[nH]c1C1CCCC1. The molecule has 0 spiro atoms. The van der Waals surface area contributed by atoms with Crippen LogP contribution in [0.2, 0.25) is 0 Å². The maximum atomic E-state index is 4.56. The van der Waals surface area contributed by atoms with Crippen LogP contribution in [0.5, 0.6) is 0 Å². The first-order valence-corrected chi connectivity index (χ1v) is 7.19. The molecule has 0 bridgehead atoms. The first kappa shape index (κ1) is 11.3. The lowest BCUT2D eigenvalue weighted by atomic mass is 10.0. The van der Waals surface area contributed by atoms with E-state index >= 15 is 0 Å². The largest absolute Gasteiger partial charge is 0.346 e. The highest BCUT2D eigenvalue weighted by Gasteiger charge is 2.20. The molecule has 0 amide bonds. The molecular weight excluding hydrogens is 210 g/mol. The third kappa shape index (κ3) is 2.71. The molecule has 1 aromatic rings. The molecule has 1 aromatic heterocycles. The second kappa shape index (κ2) is 5.21. The van der Waals surface area contributed by atoms with Crippen molar-refractivity contribution < 1.29 is 0 Å². The van der Waals surface area contributed by atoms with Gasteiger partial charge in [-0.15, -0.1) is 0 Å². The lowest BCUT2D eigenvalue weighted by molar-refractivity contribution is 0.395. The Morgan fingerprint density at radius 3 is 2.71 bits per heavy atom. The molecule has 2 N–H and O–H groups in total. The summed E-state index contributed by atoms with van der Waals surface area (Å²) in [4.78, 5) is 8.11. The summed E-state index contributed by atoms with van der Waals surface area (Å²) >= 11 is 0. The Balaban J connectivity index is 1.59. The first-order chi connectivity index (χ1) is 8.42. The molecule has 3 heteroatoms. The van der Waals surface area contributed by atoms with Crippen LogP contribution in [0.15, 0.2) is 6.20 Å². The second-order valence-corrected chi connectivity index (χ2v) is 5.62. The van der Waals surface area contributed by atoms with Gasteiger partial charge in [-0.2, -0.15) is 0 Å². The molecule has 1 aliphatic heterocycles. The van der Waals surface area contributed by atoms with Crippen molar-refractivity contribution in [1.29, 1.82) is 0 Å². The molecule has 1 saturated carbocycles. The van der Waals surface area contributed by atoms with Gasteiger partial charge in [-0.1, -0.05) is 19.3 Å². The number of H-pyrrole nitrogens is 1. The van der Waals surface area contributed by atoms with Gasteiger partial charge in [0.2, 0.25) is 0 Å². The van der Waals surface area contributed by atoms with Crippen LogP contribution in [-0.4, -0.2) is 22.6 Å². The van der Waals surface area contributed by atoms with Crippen LogP contribution in [0.4, 0.5) is 0 Å². The monoisotopic (exact) mass is 233 g/mol. The summed E-state index contributed by atoms with van der Waals surface area (Å²) in [6.07, 6.45) is 12.6. The van der Waals surface area contributed by atoms with Crippen molar-refractivity contribution in [3.8, 4) is 0 Å². The Morgan fingerprint density at radius 1 is 1.12 bits per heavy atom. The Morgan fingerprint density at radius 2 is 1.94 bits per heavy atom. The summed E-state index contributed by atoms with van der Waals surface area (Å²) in [7, 11) is 0. The number of nitrogens with zero attached hydrogens (tertiary/aromatic N) is 1. The summed E-state index contributed by atoms with van der Waals surface area (Å²) in [6.45, 7) is 1.18. The summed E-state index contributed by atoms with van der Waals surface area (Å²) in [5, 5.41) is 3.59. The number of aromatic amines is 1. The minimum absolute atomic E-state index is 0.645. The van der Waals surface area contributed by atoms with Crippen LogP contribution in [0.3, 0.4) is 0 Å². The quantitative estimate of drug-likeness (QED) is 0.843. The van der Waals surface area contributed by atoms with E-state index < -0.39 is 0 Å². The molecule has 1 unspecified atom stereocenters. The number of hydrogen-bond donors (Lipinski definition) is 2. The Hall–Kier alpha value is -0.830. The number of aromatic nitrogens is 2. The second-order valence-electron chi connectivity index (χ2n) is 5.62. The Kier molecular flexibility index (Phi) is 3.46. The van der Waals surface area contributed by atoms with Gasteiger partial charge in [0.1, 0.15) is 5.82 Å². The van der Waals surface area contributed by atoms with Crippen LogP contribution in [0.25, 0.3) is 0 Å². The zero-order chi connectivity index (χ0) is 11.5. The number of rotatable bonds is 3. The maximum Gasteiger partial charge on any atom is 0.107 e. The maximum absolute atomic E-state index is 4.56. The van der Waals surface area contributed by atoms with Crippen LogP contribution in [-0.2, 0) is 6.42 Å². The molecule has 1 atom stereocenters. The highest BCUT2D eigenvalue weighted by atomic mass is 15.0. The van der Waals surface area contributed by atoms with E-state index in [0.717, 1.165) is 12.3 Å². The van der Waals surface area contributed by atoms with Crippen LogP contribution in [0.1, 0.15) is 62.4 Å². The van der Waals surface area contributed by atoms with E-state index in [-0.39, 0.29) is 0 Å². The highest BCUT2D eigenvalue weighted by Crippen LogP contribution is 2.32. The van der Waals surface area contributed by atoms with Gasteiger partial charge in [-0.25, -0.2) is 4.98 Å². The van der Waals surface area contributed by atoms with E-state index in [0.29, 0.717) is 6.04 Å². The Labute approximate surface area is 103 Å². The fraction of sp³-hybridized carbons (Fsp3) is 0.786. The van der Waals surface area contributed by atoms with Gasteiger partial charge in [0, 0.05) is 30.3 Å². The molecule has 2 fully saturated rings.